The Hall–Kier alpha value is -1.31. The van der Waals surface area contributed by atoms with E-state index in [4.69, 9.17) is 0 Å². The van der Waals surface area contributed by atoms with Crippen molar-refractivity contribution in [3.63, 3.8) is 0 Å². The number of rotatable bonds is 6. The Morgan fingerprint density at radius 1 is 1.39 bits per heavy atom. The summed E-state index contributed by atoms with van der Waals surface area (Å²) in [5.74, 6) is 1.16. The maximum absolute atomic E-state index is 4.58. The summed E-state index contributed by atoms with van der Waals surface area (Å²) in [4.78, 5) is 7.16. The van der Waals surface area contributed by atoms with Gasteiger partial charge in [0.1, 0.15) is 5.82 Å². The van der Waals surface area contributed by atoms with Crippen LogP contribution in [0.25, 0.3) is 0 Å². The minimum atomic E-state index is 0.526. The van der Waals surface area contributed by atoms with Gasteiger partial charge in [-0.3, -0.25) is 4.90 Å². The lowest BCUT2D eigenvalue weighted by Crippen LogP contribution is -2.36. The summed E-state index contributed by atoms with van der Waals surface area (Å²) in [6.45, 7) is 7.25. The first-order valence-electron chi connectivity index (χ1n) is 8.51. The molecule has 23 heavy (non-hydrogen) atoms. The lowest BCUT2D eigenvalue weighted by Gasteiger charge is -2.29. The maximum atomic E-state index is 4.58. The van der Waals surface area contributed by atoms with E-state index >= 15 is 0 Å². The molecule has 124 valence electrons. The van der Waals surface area contributed by atoms with E-state index < -0.39 is 0 Å². The first kappa shape index (κ1) is 15.2. The molecule has 0 bridgehead atoms. The molecule has 1 aliphatic heterocycles. The molecule has 1 spiro atoms. The summed E-state index contributed by atoms with van der Waals surface area (Å²) in [7, 11) is 0. The molecule has 0 radical (unpaired) electrons. The fourth-order valence-corrected chi connectivity index (χ4v) is 4.45. The average Bonchev–Trinajstić information content (AvgIpc) is 2.99. The number of imidazole rings is 1. The Bertz CT molecular complexity index is 631. The quantitative estimate of drug-likeness (QED) is 0.875. The highest BCUT2D eigenvalue weighted by molar-refractivity contribution is 7.03. The van der Waals surface area contributed by atoms with Crippen molar-refractivity contribution in [3.8, 4) is 0 Å². The fourth-order valence-electron chi connectivity index (χ4n) is 4.00. The third-order valence-electron chi connectivity index (χ3n) is 5.44. The lowest BCUT2D eigenvalue weighted by atomic mass is 9.93. The molecular weight excluding hydrogens is 308 g/mol. The third-order valence-corrected chi connectivity index (χ3v) is 6.00. The zero-order valence-electron chi connectivity index (χ0n) is 13.6. The van der Waals surface area contributed by atoms with Crippen molar-refractivity contribution in [2.24, 2.45) is 5.41 Å². The number of nitrogens with zero attached hydrogens (tertiary/aromatic N) is 5. The van der Waals surface area contributed by atoms with E-state index in [1.165, 1.54) is 30.8 Å². The normalized spacial score (nSPS) is 22.8. The maximum Gasteiger partial charge on any atom is 0.122 e. The van der Waals surface area contributed by atoms with Gasteiger partial charge in [-0.25, -0.2) is 4.98 Å². The second-order valence-electron chi connectivity index (χ2n) is 6.76. The second-order valence-corrected chi connectivity index (χ2v) is 7.37. The van der Waals surface area contributed by atoms with E-state index in [1.807, 2.05) is 6.20 Å². The minimum Gasteiger partial charge on any atom is -0.334 e. The van der Waals surface area contributed by atoms with E-state index in [0.717, 1.165) is 44.2 Å². The highest BCUT2D eigenvalue weighted by Crippen LogP contribution is 2.56. The predicted molar refractivity (Wildman–Crippen MR) is 90.0 cm³/mol. The lowest BCUT2D eigenvalue weighted by molar-refractivity contribution is 0.180. The monoisotopic (exact) mass is 332 g/mol. The topological polar surface area (TPSA) is 58.9 Å². The van der Waals surface area contributed by atoms with Crippen LogP contribution in [0.3, 0.4) is 0 Å². The van der Waals surface area contributed by atoms with Gasteiger partial charge in [0.25, 0.3) is 0 Å². The van der Waals surface area contributed by atoms with Crippen molar-refractivity contribution in [1.82, 2.24) is 29.4 Å². The van der Waals surface area contributed by atoms with Crippen LogP contribution >= 0.6 is 11.5 Å². The third kappa shape index (κ3) is 3.05. The Balaban J connectivity index is 1.52. The molecule has 4 rings (SSSR count). The van der Waals surface area contributed by atoms with E-state index in [1.54, 1.807) is 0 Å². The van der Waals surface area contributed by atoms with Crippen molar-refractivity contribution in [1.29, 1.82) is 0 Å². The van der Waals surface area contributed by atoms with Gasteiger partial charge >= 0.3 is 0 Å². The van der Waals surface area contributed by atoms with E-state index in [0.29, 0.717) is 11.5 Å². The SMILES string of the molecule is CCn1ccnc1CN(Cc1csnn1)C1CC12CCNCC2. The molecule has 3 heterocycles. The Labute approximate surface area is 141 Å². The van der Waals surface area contributed by atoms with Crippen LogP contribution in [0.5, 0.6) is 0 Å². The Morgan fingerprint density at radius 2 is 2.26 bits per heavy atom. The Morgan fingerprint density at radius 3 is 3.00 bits per heavy atom. The first-order chi connectivity index (χ1) is 11.3. The van der Waals surface area contributed by atoms with Crippen LogP contribution in [0.15, 0.2) is 17.8 Å². The van der Waals surface area contributed by atoms with Crippen LogP contribution in [0.1, 0.15) is 37.7 Å². The molecule has 6 nitrogen and oxygen atoms in total. The summed E-state index contributed by atoms with van der Waals surface area (Å²) in [5, 5.41) is 9.82. The van der Waals surface area contributed by atoms with E-state index in [2.05, 4.69) is 47.9 Å². The molecule has 2 aromatic heterocycles. The van der Waals surface area contributed by atoms with Gasteiger partial charge < -0.3 is 9.88 Å². The molecule has 1 saturated heterocycles. The molecule has 1 saturated carbocycles. The van der Waals surface area contributed by atoms with Crippen LogP contribution in [0, 0.1) is 5.41 Å². The van der Waals surface area contributed by atoms with Gasteiger partial charge in [-0.2, -0.15) is 0 Å². The summed E-state index contributed by atoms with van der Waals surface area (Å²) < 4.78 is 6.26. The number of nitrogens with one attached hydrogen (secondary N) is 1. The first-order valence-corrected chi connectivity index (χ1v) is 9.35. The summed E-state index contributed by atoms with van der Waals surface area (Å²) in [5.41, 5.74) is 1.61. The number of hydrogen-bond acceptors (Lipinski definition) is 6. The molecule has 1 unspecified atom stereocenters. The van der Waals surface area contributed by atoms with Crippen molar-refractivity contribution >= 4 is 11.5 Å². The zero-order valence-corrected chi connectivity index (χ0v) is 14.4. The number of aryl methyl sites for hydroxylation is 1. The standard InChI is InChI=1S/C16H24N6S/c1-2-21-8-7-18-15(21)11-22(10-13-12-23-20-19-13)14-9-16(14)3-5-17-6-4-16/h7-8,12,14,17H,2-6,9-11H2,1H3. The van der Waals surface area contributed by atoms with Crippen molar-refractivity contribution in [2.75, 3.05) is 13.1 Å². The van der Waals surface area contributed by atoms with Gasteiger partial charge in [0.2, 0.25) is 0 Å². The number of hydrogen-bond donors (Lipinski definition) is 1. The molecule has 2 aromatic rings. The van der Waals surface area contributed by atoms with Gasteiger partial charge in [0.05, 0.1) is 12.2 Å². The Kier molecular flexibility index (Phi) is 4.17. The van der Waals surface area contributed by atoms with Gasteiger partial charge in [0, 0.05) is 36.9 Å². The van der Waals surface area contributed by atoms with Crippen molar-refractivity contribution in [3.05, 3.63) is 29.3 Å². The molecule has 1 aliphatic carbocycles. The van der Waals surface area contributed by atoms with Crippen LogP contribution in [0.2, 0.25) is 0 Å². The number of aromatic nitrogens is 4. The molecule has 1 N–H and O–H groups in total. The summed E-state index contributed by atoms with van der Waals surface area (Å²) >= 11 is 1.44. The zero-order chi connectivity index (χ0) is 15.7. The smallest absolute Gasteiger partial charge is 0.122 e. The minimum absolute atomic E-state index is 0.526. The van der Waals surface area contributed by atoms with E-state index in [9.17, 15) is 0 Å². The van der Waals surface area contributed by atoms with Gasteiger partial charge in [-0.05, 0) is 56.2 Å². The highest BCUT2D eigenvalue weighted by atomic mass is 32.1. The molecule has 0 amide bonds. The molecule has 2 fully saturated rings. The summed E-state index contributed by atoms with van der Waals surface area (Å²) in [6.07, 6.45) is 7.90. The second kappa shape index (κ2) is 6.30. The van der Waals surface area contributed by atoms with Crippen LogP contribution < -0.4 is 5.32 Å². The van der Waals surface area contributed by atoms with Gasteiger partial charge in [-0.1, -0.05) is 4.49 Å². The molecule has 0 aromatic carbocycles. The highest BCUT2D eigenvalue weighted by Gasteiger charge is 2.56. The van der Waals surface area contributed by atoms with E-state index in [-0.39, 0.29) is 0 Å². The van der Waals surface area contributed by atoms with Gasteiger partial charge in [-0.15, -0.1) is 5.10 Å². The molecule has 7 heteroatoms. The van der Waals surface area contributed by atoms with Crippen LogP contribution in [-0.2, 0) is 19.6 Å². The molecular formula is C16H24N6S. The van der Waals surface area contributed by atoms with Crippen LogP contribution in [0.4, 0.5) is 0 Å². The largest absolute Gasteiger partial charge is 0.334 e. The van der Waals surface area contributed by atoms with Crippen LogP contribution in [-0.4, -0.2) is 43.2 Å². The average molecular weight is 332 g/mol. The predicted octanol–water partition coefficient (Wildman–Crippen LogP) is 1.90. The summed E-state index contributed by atoms with van der Waals surface area (Å²) in [6, 6.07) is 0.660. The molecule has 2 aliphatic rings. The fraction of sp³-hybridized carbons (Fsp3) is 0.688. The van der Waals surface area contributed by atoms with Crippen molar-refractivity contribution < 1.29 is 0 Å². The van der Waals surface area contributed by atoms with Gasteiger partial charge in [0.15, 0.2) is 0 Å². The number of piperidine rings is 1. The van der Waals surface area contributed by atoms with Crippen molar-refractivity contribution in [2.45, 2.75) is 51.9 Å². The molecule has 1 atom stereocenters.